The number of nitrogens with two attached hydrogens (primary N) is 1. The maximum Gasteiger partial charge on any atom is 0.264 e. The Hall–Kier alpha value is -2.86. The largest absolute Gasteiger partial charge is 0.382 e. The monoisotopic (exact) mass is 526 g/mol. The summed E-state index contributed by atoms with van der Waals surface area (Å²) in [5.74, 6) is -2.03. The highest BCUT2D eigenvalue weighted by Crippen LogP contribution is 2.32. The average molecular weight is 527 g/mol. The molecule has 1 unspecified atom stereocenters. The van der Waals surface area contributed by atoms with Gasteiger partial charge in [0.2, 0.25) is 11.8 Å². The molecule has 2 saturated heterocycles. The van der Waals surface area contributed by atoms with Crippen LogP contribution >= 0.6 is 0 Å². The number of hydrogen-bond acceptors (Lipinski definition) is 9. The van der Waals surface area contributed by atoms with Gasteiger partial charge in [-0.15, -0.1) is 0 Å². The van der Waals surface area contributed by atoms with Crippen LogP contribution in [0, 0.1) is 0 Å². The fraction of sp³-hybridized carbons (Fsp3) is 0.630. The molecule has 11 nitrogen and oxygen atoms in total. The van der Waals surface area contributed by atoms with E-state index >= 15 is 0 Å². The molecular weight excluding hydrogens is 488 g/mol. The Morgan fingerprint density at radius 2 is 1.71 bits per heavy atom. The number of piperazine rings is 1. The number of imide groups is 2. The van der Waals surface area contributed by atoms with Gasteiger partial charge in [0.1, 0.15) is 6.04 Å². The zero-order chi connectivity index (χ0) is 26.6. The summed E-state index contributed by atoms with van der Waals surface area (Å²) in [4.78, 5) is 55.9. The van der Waals surface area contributed by atoms with Gasteiger partial charge in [0.15, 0.2) is 0 Å². The average Bonchev–Trinajstić information content (AvgIpc) is 3.17. The van der Waals surface area contributed by atoms with Gasteiger partial charge < -0.3 is 15.8 Å². The summed E-state index contributed by atoms with van der Waals surface area (Å²) in [6, 6.07) is 5.15. The van der Waals surface area contributed by atoms with Crippen molar-refractivity contribution < 1.29 is 23.9 Å². The molecule has 1 aliphatic carbocycles. The molecule has 4 aliphatic rings. The number of anilines is 1. The Labute approximate surface area is 223 Å². The second-order valence-electron chi connectivity index (χ2n) is 10.7. The van der Waals surface area contributed by atoms with Crippen LogP contribution in [-0.2, 0) is 14.3 Å². The molecule has 4 N–H and O–H groups in total. The minimum absolute atomic E-state index is 0.0949. The lowest BCUT2D eigenvalue weighted by atomic mass is 9.90. The predicted molar refractivity (Wildman–Crippen MR) is 141 cm³/mol. The number of rotatable bonds is 9. The number of benzene rings is 1. The van der Waals surface area contributed by atoms with E-state index in [9.17, 15) is 19.2 Å². The van der Waals surface area contributed by atoms with Gasteiger partial charge in [0.05, 0.1) is 24.3 Å². The van der Waals surface area contributed by atoms with E-state index in [-0.39, 0.29) is 24.0 Å². The molecule has 206 valence electrons. The van der Waals surface area contributed by atoms with E-state index < -0.39 is 29.7 Å². The molecule has 0 spiro atoms. The van der Waals surface area contributed by atoms with Gasteiger partial charge >= 0.3 is 0 Å². The molecule has 1 aromatic carbocycles. The highest BCUT2D eigenvalue weighted by Gasteiger charge is 2.45. The lowest BCUT2D eigenvalue weighted by molar-refractivity contribution is -0.136. The first kappa shape index (κ1) is 26.7. The summed E-state index contributed by atoms with van der Waals surface area (Å²) < 4.78 is 5.84. The maximum atomic E-state index is 13.2. The van der Waals surface area contributed by atoms with Crippen molar-refractivity contribution in [1.82, 2.24) is 20.0 Å². The fourth-order valence-electron chi connectivity index (χ4n) is 6.03. The molecule has 0 bridgehead atoms. The molecule has 0 aromatic heterocycles. The van der Waals surface area contributed by atoms with Crippen LogP contribution in [0.4, 0.5) is 5.69 Å². The number of nitrogens with one attached hydrogen (secondary N) is 2. The number of fused-ring (bicyclic) bond motifs is 1. The minimum Gasteiger partial charge on any atom is -0.382 e. The number of hydrogen-bond donors (Lipinski definition) is 3. The van der Waals surface area contributed by atoms with Crippen LogP contribution in [0.2, 0.25) is 0 Å². The molecule has 0 radical (unpaired) electrons. The third-order valence-electron chi connectivity index (χ3n) is 8.25. The van der Waals surface area contributed by atoms with Crippen molar-refractivity contribution in [1.29, 1.82) is 0 Å². The standard InChI is InChI=1S/C27H38N6O5/c28-18-4-6-19(7-5-18)32-13-11-31(12-14-32)15-17-38-16-10-29-21-3-1-2-20-24(21)27(37)33(26(20)36)22-8-9-23(34)30-25(22)35/h1-3,18-19,22,29H,4-17,28H2,(H,30,34,35). The Balaban J connectivity index is 1.04. The number of nitrogens with zero attached hydrogens (tertiary/aromatic N) is 3. The number of ether oxygens (including phenoxy) is 1. The quantitative estimate of drug-likeness (QED) is 0.308. The summed E-state index contributed by atoms with van der Waals surface area (Å²) in [5, 5.41) is 5.43. The van der Waals surface area contributed by atoms with Crippen molar-refractivity contribution in [2.75, 3.05) is 57.8 Å². The zero-order valence-corrected chi connectivity index (χ0v) is 21.8. The molecule has 3 aliphatic heterocycles. The lowest BCUT2D eigenvalue weighted by Gasteiger charge is -2.41. The van der Waals surface area contributed by atoms with E-state index in [1.807, 2.05) is 0 Å². The first-order chi connectivity index (χ1) is 18.4. The Morgan fingerprint density at radius 3 is 2.45 bits per heavy atom. The van der Waals surface area contributed by atoms with Gasteiger partial charge in [-0.05, 0) is 44.2 Å². The highest BCUT2D eigenvalue weighted by atomic mass is 16.5. The first-order valence-corrected chi connectivity index (χ1v) is 13.8. The second kappa shape index (κ2) is 11.9. The van der Waals surface area contributed by atoms with Crippen LogP contribution < -0.4 is 16.4 Å². The van der Waals surface area contributed by atoms with Crippen molar-refractivity contribution >= 4 is 29.3 Å². The van der Waals surface area contributed by atoms with Gasteiger partial charge in [0.25, 0.3) is 11.8 Å². The van der Waals surface area contributed by atoms with Crippen molar-refractivity contribution in [3.05, 3.63) is 29.3 Å². The minimum atomic E-state index is -0.973. The summed E-state index contributed by atoms with van der Waals surface area (Å²) in [5.41, 5.74) is 7.12. The van der Waals surface area contributed by atoms with Crippen molar-refractivity contribution in [2.45, 2.75) is 56.7 Å². The van der Waals surface area contributed by atoms with Crippen LogP contribution in [-0.4, -0.2) is 109 Å². The summed E-state index contributed by atoms with van der Waals surface area (Å²) in [6.07, 6.45) is 4.95. The molecule has 1 atom stereocenters. The highest BCUT2D eigenvalue weighted by molar-refractivity contribution is 6.25. The van der Waals surface area contributed by atoms with Gasteiger partial charge in [-0.1, -0.05) is 6.07 Å². The van der Waals surface area contributed by atoms with Crippen molar-refractivity contribution in [2.24, 2.45) is 5.73 Å². The summed E-state index contributed by atoms with van der Waals surface area (Å²) >= 11 is 0. The second-order valence-corrected chi connectivity index (χ2v) is 10.7. The van der Waals surface area contributed by atoms with Gasteiger partial charge in [0, 0.05) is 63.5 Å². The Bertz CT molecular complexity index is 1060. The Kier molecular flexibility index (Phi) is 8.37. The summed E-state index contributed by atoms with van der Waals surface area (Å²) in [7, 11) is 0. The van der Waals surface area contributed by atoms with Crippen LogP contribution in [0.3, 0.4) is 0 Å². The molecule has 3 fully saturated rings. The third kappa shape index (κ3) is 5.75. The van der Waals surface area contributed by atoms with Crippen LogP contribution in [0.5, 0.6) is 0 Å². The smallest absolute Gasteiger partial charge is 0.264 e. The number of piperidine rings is 1. The molecular formula is C27H38N6O5. The molecule has 1 saturated carbocycles. The first-order valence-electron chi connectivity index (χ1n) is 13.8. The fourth-order valence-corrected chi connectivity index (χ4v) is 6.03. The molecule has 5 rings (SSSR count). The van der Waals surface area contributed by atoms with Gasteiger partial charge in [-0.3, -0.25) is 39.2 Å². The van der Waals surface area contributed by atoms with E-state index in [0.29, 0.717) is 37.5 Å². The van der Waals surface area contributed by atoms with Crippen LogP contribution in [0.1, 0.15) is 59.2 Å². The van der Waals surface area contributed by atoms with E-state index in [2.05, 4.69) is 20.4 Å². The summed E-state index contributed by atoms with van der Waals surface area (Å²) in [6.45, 7) is 6.77. The molecule has 11 heteroatoms. The van der Waals surface area contributed by atoms with Crippen LogP contribution in [0.25, 0.3) is 0 Å². The van der Waals surface area contributed by atoms with E-state index in [1.54, 1.807) is 18.2 Å². The van der Waals surface area contributed by atoms with Crippen molar-refractivity contribution in [3.8, 4) is 0 Å². The number of carbonyl (C=O) groups excluding carboxylic acids is 4. The maximum absolute atomic E-state index is 13.2. The predicted octanol–water partition coefficient (Wildman–Crippen LogP) is 0.404. The molecule has 1 aromatic rings. The van der Waals surface area contributed by atoms with Crippen molar-refractivity contribution in [3.63, 3.8) is 0 Å². The SMILES string of the molecule is NC1CCC(N2CCN(CCOCCNc3cccc4c3C(=O)N(C3CCC(=O)NC3=O)C4=O)CC2)CC1. The number of amides is 4. The molecule has 3 heterocycles. The van der Waals surface area contributed by atoms with Gasteiger partial charge in [-0.2, -0.15) is 0 Å². The lowest BCUT2D eigenvalue weighted by Crippen LogP contribution is -2.54. The van der Waals surface area contributed by atoms with E-state index in [0.717, 1.165) is 50.5 Å². The molecule has 4 amide bonds. The van der Waals surface area contributed by atoms with E-state index in [1.165, 1.54) is 12.8 Å². The normalized spacial score (nSPS) is 27.0. The Morgan fingerprint density at radius 1 is 0.947 bits per heavy atom. The van der Waals surface area contributed by atoms with Gasteiger partial charge in [-0.25, -0.2) is 0 Å². The topological polar surface area (TPSA) is 137 Å². The van der Waals surface area contributed by atoms with Crippen LogP contribution in [0.15, 0.2) is 18.2 Å². The zero-order valence-electron chi connectivity index (χ0n) is 21.8. The third-order valence-corrected chi connectivity index (χ3v) is 8.25. The number of carbonyl (C=O) groups is 4. The molecule has 38 heavy (non-hydrogen) atoms. The van der Waals surface area contributed by atoms with E-state index in [4.69, 9.17) is 10.5 Å².